The van der Waals surface area contributed by atoms with Gasteiger partial charge in [0.25, 0.3) is 0 Å². The van der Waals surface area contributed by atoms with Crippen molar-refractivity contribution in [3.63, 3.8) is 0 Å². The Hall–Kier alpha value is -0.480. The minimum Gasteiger partial charge on any atom is -0.317 e. The summed E-state index contributed by atoms with van der Waals surface area (Å²) in [6.45, 7) is 4.27. The summed E-state index contributed by atoms with van der Waals surface area (Å²) < 4.78 is 1.97. The summed E-state index contributed by atoms with van der Waals surface area (Å²) in [6, 6.07) is 2.80. The molecule has 0 aromatic carbocycles. The zero-order valence-corrected chi connectivity index (χ0v) is 11.6. The maximum atomic E-state index is 4.34. The van der Waals surface area contributed by atoms with Crippen LogP contribution in [0.15, 0.2) is 11.1 Å². The van der Waals surface area contributed by atoms with Crippen molar-refractivity contribution in [2.45, 2.75) is 44.2 Å². The molecule has 1 aromatic rings. The fraction of sp³-hybridized carbons (Fsp3) is 0.750. The van der Waals surface area contributed by atoms with Crippen molar-refractivity contribution in [1.82, 2.24) is 15.1 Å². The van der Waals surface area contributed by atoms with Crippen molar-refractivity contribution in [2.75, 3.05) is 12.8 Å². The van der Waals surface area contributed by atoms with E-state index in [-0.39, 0.29) is 0 Å². The lowest BCUT2D eigenvalue weighted by atomic mass is 10.1. The number of thioether (sulfide) groups is 1. The number of aromatic nitrogens is 2. The smallest absolute Gasteiger partial charge is 0.0939 e. The number of aryl methyl sites for hydroxylation is 2. The fourth-order valence-corrected chi connectivity index (χ4v) is 2.63. The van der Waals surface area contributed by atoms with Crippen LogP contribution in [0.1, 0.15) is 31.9 Å². The zero-order valence-electron chi connectivity index (χ0n) is 10.8. The average molecular weight is 241 g/mol. The van der Waals surface area contributed by atoms with Gasteiger partial charge in [0.1, 0.15) is 0 Å². The van der Waals surface area contributed by atoms with Gasteiger partial charge in [0, 0.05) is 13.1 Å². The van der Waals surface area contributed by atoms with Crippen LogP contribution in [0.25, 0.3) is 0 Å². The molecule has 1 aromatic heterocycles. The molecule has 4 heteroatoms. The summed E-state index contributed by atoms with van der Waals surface area (Å²) >= 11 is 1.91. The molecule has 0 spiro atoms. The van der Waals surface area contributed by atoms with Gasteiger partial charge in [-0.05, 0) is 45.6 Å². The van der Waals surface area contributed by atoms with E-state index in [1.807, 2.05) is 37.5 Å². The van der Waals surface area contributed by atoms with E-state index >= 15 is 0 Å². The number of rotatable bonds is 7. The Labute approximate surface area is 103 Å². The minimum atomic E-state index is 0.643. The molecule has 3 nitrogen and oxygen atoms in total. The largest absolute Gasteiger partial charge is 0.317 e. The molecule has 16 heavy (non-hydrogen) atoms. The molecule has 0 bridgehead atoms. The van der Waals surface area contributed by atoms with Crippen molar-refractivity contribution >= 4 is 11.8 Å². The van der Waals surface area contributed by atoms with Gasteiger partial charge >= 0.3 is 0 Å². The molecule has 1 heterocycles. The zero-order chi connectivity index (χ0) is 12.0. The number of nitrogens with zero attached hydrogens (tertiary/aromatic N) is 2. The van der Waals surface area contributed by atoms with Gasteiger partial charge in [-0.2, -0.15) is 5.10 Å². The highest BCUT2D eigenvalue weighted by atomic mass is 32.2. The second kappa shape index (κ2) is 6.97. The van der Waals surface area contributed by atoms with E-state index < -0.39 is 0 Å². The number of hydrogen-bond donors (Lipinski definition) is 1. The van der Waals surface area contributed by atoms with Gasteiger partial charge in [0.05, 0.1) is 10.7 Å². The molecular formula is C12H23N3S. The minimum absolute atomic E-state index is 0.643. The summed E-state index contributed by atoms with van der Waals surface area (Å²) in [4.78, 5) is 0. The molecule has 0 aliphatic carbocycles. The van der Waals surface area contributed by atoms with Crippen LogP contribution in [0.4, 0.5) is 0 Å². The van der Waals surface area contributed by atoms with Gasteiger partial charge in [-0.3, -0.25) is 4.68 Å². The fourth-order valence-electron chi connectivity index (χ4n) is 1.60. The molecule has 1 rings (SSSR count). The van der Waals surface area contributed by atoms with Gasteiger partial charge in [-0.25, -0.2) is 0 Å². The topological polar surface area (TPSA) is 29.9 Å². The molecule has 0 fully saturated rings. The van der Waals surface area contributed by atoms with Crippen LogP contribution in [0, 0.1) is 6.92 Å². The average Bonchev–Trinajstić information content (AvgIpc) is 2.56. The summed E-state index contributed by atoms with van der Waals surface area (Å²) in [5.74, 6) is 1.19. The van der Waals surface area contributed by atoms with Crippen LogP contribution in [-0.4, -0.2) is 28.6 Å². The lowest BCUT2D eigenvalue weighted by molar-refractivity contribution is 0.538. The van der Waals surface area contributed by atoms with Gasteiger partial charge in [-0.15, -0.1) is 11.8 Å². The second-order valence-corrected chi connectivity index (χ2v) is 5.40. The van der Waals surface area contributed by atoms with E-state index in [0.29, 0.717) is 6.04 Å². The molecule has 0 aliphatic heterocycles. The summed E-state index contributed by atoms with van der Waals surface area (Å²) in [5.41, 5.74) is 1.11. The molecule has 0 saturated carbocycles. The summed E-state index contributed by atoms with van der Waals surface area (Å²) in [5, 5.41) is 8.88. The first kappa shape index (κ1) is 13.6. The van der Waals surface area contributed by atoms with Gasteiger partial charge < -0.3 is 5.32 Å². The maximum absolute atomic E-state index is 4.34. The Kier molecular flexibility index (Phi) is 5.91. The molecule has 0 aliphatic rings. The first-order valence-corrected chi connectivity index (χ1v) is 6.92. The van der Waals surface area contributed by atoms with Crippen molar-refractivity contribution in [3.8, 4) is 0 Å². The summed E-state index contributed by atoms with van der Waals surface area (Å²) in [6.07, 6.45) is 3.84. The molecule has 0 amide bonds. The van der Waals surface area contributed by atoms with Crippen molar-refractivity contribution in [2.24, 2.45) is 7.05 Å². The van der Waals surface area contributed by atoms with Crippen LogP contribution in [0.5, 0.6) is 0 Å². The quantitative estimate of drug-likeness (QED) is 0.588. The van der Waals surface area contributed by atoms with E-state index in [1.54, 1.807) is 0 Å². The van der Waals surface area contributed by atoms with Crippen molar-refractivity contribution in [1.29, 1.82) is 0 Å². The predicted molar refractivity (Wildman–Crippen MR) is 71.0 cm³/mol. The van der Waals surface area contributed by atoms with E-state index in [2.05, 4.69) is 23.4 Å². The molecular weight excluding hydrogens is 218 g/mol. The lowest BCUT2D eigenvalue weighted by Crippen LogP contribution is -2.20. The Balaban J connectivity index is 2.14. The Morgan fingerprint density at radius 2 is 2.25 bits per heavy atom. The van der Waals surface area contributed by atoms with E-state index in [9.17, 15) is 0 Å². The molecule has 1 atom stereocenters. The van der Waals surface area contributed by atoms with Gasteiger partial charge in [0.2, 0.25) is 0 Å². The third kappa shape index (κ3) is 4.58. The maximum Gasteiger partial charge on any atom is 0.0939 e. The van der Waals surface area contributed by atoms with Crippen LogP contribution in [0.2, 0.25) is 0 Å². The molecule has 0 saturated heterocycles. The second-order valence-electron chi connectivity index (χ2n) is 4.28. The molecule has 1 N–H and O–H groups in total. The van der Waals surface area contributed by atoms with Crippen LogP contribution < -0.4 is 5.32 Å². The van der Waals surface area contributed by atoms with E-state index in [1.165, 1.54) is 30.0 Å². The monoisotopic (exact) mass is 241 g/mol. The van der Waals surface area contributed by atoms with Crippen molar-refractivity contribution in [3.05, 3.63) is 11.8 Å². The van der Waals surface area contributed by atoms with Gasteiger partial charge in [-0.1, -0.05) is 6.42 Å². The number of nitrogens with one attached hydrogen (secondary N) is 1. The van der Waals surface area contributed by atoms with E-state index in [0.717, 1.165) is 5.69 Å². The SMILES string of the molecule is CNC(C)CCCCSc1cc(C)nn1C. The third-order valence-electron chi connectivity index (χ3n) is 2.73. The van der Waals surface area contributed by atoms with Crippen molar-refractivity contribution < 1.29 is 0 Å². The highest BCUT2D eigenvalue weighted by Crippen LogP contribution is 2.19. The third-order valence-corrected chi connectivity index (χ3v) is 3.90. The normalized spacial score (nSPS) is 13.0. The molecule has 1 unspecified atom stereocenters. The van der Waals surface area contributed by atoms with E-state index in [4.69, 9.17) is 0 Å². The Morgan fingerprint density at radius 1 is 1.50 bits per heavy atom. The highest BCUT2D eigenvalue weighted by Gasteiger charge is 2.02. The first-order chi connectivity index (χ1) is 7.63. The summed E-state index contributed by atoms with van der Waals surface area (Å²) in [7, 11) is 4.04. The Morgan fingerprint density at radius 3 is 2.81 bits per heavy atom. The van der Waals surface area contributed by atoms with Crippen LogP contribution in [0.3, 0.4) is 0 Å². The predicted octanol–water partition coefficient (Wildman–Crippen LogP) is 2.60. The standard InChI is InChI=1S/C12H23N3S/c1-10(13-3)7-5-6-8-16-12-9-11(2)14-15(12)4/h9-10,13H,5-8H2,1-4H3. The number of hydrogen-bond acceptors (Lipinski definition) is 3. The number of unbranched alkanes of at least 4 members (excludes halogenated alkanes) is 1. The van der Waals surface area contributed by atoms with Crippen LogP contribution in [-0.2, 0) is 7.05 Å². The van der Waals surface area contributed by atoms with Gasteiger partial charge in [0.15, 0.2) is 0 Å². The highest BCUT2D eigenvalue weighted by molar-refractivity contribution is 7.99. The first-order valence-electron chi connectivity index (χ1n) is 5.94. The molecule has 0 radical (unpaired) electrons. The molecule has 92 valence electrons. The van der Waals surface area contributed by atoms with Crippen LogP contribution >= 0.6 is 11.8 Å². The Bertz CT molecular complexity index is 309. The lowest BCUT2D eigenvalue weighted by Gasteiger charge is -2.08.